The van der Waals surface area contributed by atoms with Crippen molar-refractivity contribution in [2.24, 2.45) is 5.73 Å². The van der Waals surface area contributed by atoms with Crippen LogP contribution in [-0.4, -0.2) is 53.5 Å². The molecule has 1 aromatic heterocycles. The van der Waals surface area contributed by atoms with Crippen molar-refractivity contribution >= 4 is 27.8 Å². The van der Waals surface area contributed by atoms with E-state index in [1.807, 2.05) is 7.05 Å². The van der Waals surface area contributed by atoms with Crippen molar-refractivity contribution in [3.8, 4) is 0 Å². The van der Waals surface area contributed by atoms with Gasteiger partial charge < -0.3 is 10.6 Å². The first kappa shape index (κ1) is 14.2. The van der Waals surface area contributed by atoms with Crippen molar-refractivity contribution in [1.82, 2.24) is 14.9 Å². The number of carbonyl (C=O) groups is 1. The Morgan fingerprint density at radius 2 is 2.05 bits per heavy atom. The fourth-order valence-corrected chi connectivity index (χ4v) is 2.54. The highest BCUT2D eigenvalue weighted by Gasteiger charge is 2.24. The lowest BCUT2D eigenvalue weighted by Gasteiger charge is -2.36. The van der Waals surface area contributed by atoms with E-state index in [1.54, 1.807) is 12.4 Å². The molecule has 7 heteroatoms. The van der Waals surface area contributed by atoms with Crippen molar-refractivity contribution in [2.45, 2.75) is 18.9 Å². The van der Waals surface area contributed by atoms with Gasteiger partial charge in [0.25, 0.3) is 0 Å². The quantitative estimate of drug-likeness (QED) is 0.877. The highest BCUT2D eigenvalue weighted by atomic mass is 79.9. The van der Waals surface area contributed by atoms with E-state index < -0.39 is 0 Å². The third kappa shape index (κ3) is 3.87. The zero-order valence-corrected chi connectivity index (χ0v) is 12.5. The molecular formula is C12H18BrN5O. The normalized spacial score (nSPS) is 17.4. The van der Waals surface area contributed by atoms with E-state index in [1.165, 1.54) is 0 Å². The third-order valence-corrected chi connectivity index (χ3v) is 3.82. The molecule has 1 aliphatic heterocycles. The summed E-state index contributed by atoms with van der Waals surface area (Å²) in [6.45, 7) is 2.12. The second-order valence-corrected chi connectivity index (χ2v) is 5.70. The van der Waals surface area contributed by atoms with Crippen LogP contribution in [0.2, 0.25) is 0 Å². The first-order valence-electron chi connectivity index (χ1n) is 6.27. The predicted octanol–water partition coefficient (Wildman–Crippen LogP) is 0.625. The molecule has 104 valence electrons. The maximum atomic E-state index is 10.9. The average molecular weight is 328 g/mol. The fraction of sp³-hybridized carbons (Fsp3) is 0.583. The number of amides is 1. The minimum Gasteiger partial charge on any atom is -0.369 e. The SMILES string of the molecule is CN(c1ncc(Br)cn1)C1CCN(CC(N)=O)CC1. The van der Waals surface area contributed by atoms with E-state index in [0.29, 0.717) is 12.6 Å². The number of carbonyl (C=O) groups excluding carboxylic acids is 1. The molecule has 2 N–H and O–H groups in total. The van der Waals surface area contributed by atoms with Gasteiger partial charge in [0.05, 0.1) is 11.0 Å². The second-order valence-electron chi connectivity index (χ2n) is 4.79. The van der Waals surface area contributed by atoms with Gasteiger partial charge in [-0.2, -0.15) is 0 Å². The van der Waals surface area contributed by atoms with E-state index in [9.17, 15) is 4.79 Å². The van der Waals surface area contributed by atoms with Crippen molar-refractivity contribution in [1.29, 1.82) is 0 Å². The molecule has 2 rings (SSSR count). The Kier molecular flexibility index (Phi) is 4.71. The maximum absolute atomic E-state index is 10.9. The highest BCUT2D eigenvalue weighted by molar-refractivity contribution is 9.10. The summed E-state index contributed by atoms with van der Waals surface area (Å²) < 4.78 is 0.876. The molecule has 0 spiro atoms. The standard InChI is InChI=1S/C12H18BrN5O/c1-17(12-15-6-9(13)7-16-12)10-2-4-18(5-3-10)8-11(14)19/h6-7,10H,2-5,8H2,1H3,(H2,14,19). The molecule has 2 heterocycles. The van der Waals surface area contributed by atoms with Gasteiger partial charge in [-0.3, -0.25) is 9.69 Å². The summed E-state index contributed by atoms with van der Waals surface area (Å²) >= 11 is 3.33. The van der Waals surface area contributed by atoms with Gasteiger partial charge >= 0.3 is 0 Å². The van der Waals surface area contributed by atoms with E-state index in [0.717, 1.165) is 36.4 Å². The summed E-state index contributed by atoms with van der Waals surface area (Å²) in [7, 11) is 2.01. The molecule has 1 fully saturated rings. The number of aromatic nitrogens is 2. The number of hydrogen-bond acceptors (Lipinski definition) is 5. The van der Waals surface area contributed by atoms with Gasteiger partial charge in [-0.05, 0) is 28.8 Å². The van der Waals surface area contributed by atoms with E-state index >= 15 is 0 Å². The first-order chi connectivity index (χ1) is 9.06. The summed E-state index contributed by atoms with van der Waals surface area (Å²) in [6, 6.07) is 0.408. The van der Waals surface area contributed by atoms with Crippen molar-refractivity contribution in [2.75, 3.05) is 31.6 Å². The Morgan fingerprint density at radius 1 is 1.47 bits per heavy atom. The molecule has 0 radical (unpaired) electrons. The Morgan fingerprint density at radius 3 is 2.58 bits per heavy atom. The molecule has 19 heavy (non-hydrogen) atoms. The summed E-state index contributed by atoms with van der Waals surface area (Å²) in [5, 5.41) is 0. The molecule has 1 aliphatic rings. The van der Waals surface area contributed by atoms with E-state index in [-0.39, 0.29) is 5.91 Å². The number of piperidine rings is 1. The lowest BCUT2D eigenvalue weighted by Crippen LogP contribution is -2.46. The van der Waals surface area contributed by atoms with Crippen molar-refractivity contribution in [3.05, 3.63) is 16.9 Å². The monoisotopic (exact) mass is 327 g/mol. The third-order valence-electron chi connectivity index (χ3n) is 3.41. The predicted molar refractivity (Wildman–Crippen MR) is 76.8 cm³/mol. The number of nitrogens with zero attached hydrogens (tertiary/aromatic N) is 4. The smallest absolute Gasteiger partial charge is 0.231 e. The topological polar surface area (TPSA) is 75.3 Å². The van der Waals surface area contributed by atoms with Crippen LogP contribution in [0.5, 0.6) is 0 Å². The zero-order valence-electron chi connectivity index (χ0n) is 10.9. The molecule has 6 nitrogen and oxygen atoms in total. The second kappa shape index (κ2) is 6.29. The fourth-order valence-electron chi connectivity index (χ4n) is 2.34. The van der Waals surface area contributed by atoms with Gasteiger partial charge in [0, 0.05) is 38.6 Å². The number of anilines is 1. The summed E-state index contributed by atoms with van der Waals surface area (Å²) in [5.74, 6) is 0.472. The van der Waals surface area contributed by atoms with Gasteiger partial charge in [0.15, 0.2) is 0 Å². The van der Waals surface area contributed by atoms with Crippen LogP contribution in [-0.2, 0) is 4.79 Å². The van der Waals surface area contributed by atoms with Crippen molar-refractivity contribution in [3.63, 3.8) is 0 Å². The van der Waals surface area contributed by atoms with Gasteiger partial charge in [0.2, 0.25) is 11.9 Å². The van der Waals surface area contributed by atoms with Crippen LogP contribution in [0.15, 0.2) is 16.9 Å². The first-order valence-corrected chi connectivity index (χ1v) is 7.06. The van der Waals surface area contributed by atoms with E-state index in [2.05, 4.69) is 35.7 Å². The molecule has 0 bridgehead atoms. The van der Waals surface area contributed by atoms with Gasteiger partial charge in [-0.15, -0.1) is 0 Å². The number of halogens is 1. The summed E-state index contributed by atoms with van der Waals surface area (Å²) in [6.07, 6.45) is 5.48. The van der Waals surface area contributed by atoms with Crippen molar-refractivity contribution < 1.29 is 4.79 Å². The molecular weight excluding hydrogens is 310 g/mol. The molecule has 0 atom stereocenters. The Bertz CT molecular complexity index is 430. The van der Waals surface area contributed by atoms with Gasteiger partial charge in [-0.25, -0.2) is 9.97 Å². The molecule has 1 aromatic rings. The summed E-state index contributed by atoms with van der Waals surface area (Å²) in [5.41, 5.74) is 5.21. The number of likely N-dealkylation sites (tertiary alicyclic amines) is 1. The summed E-state index contributed by atoms with van der Waals surface area (Å²) in [4.78, 5) is 23.7. The highest BCUT2D eigenvalue weighted by Crippen LogP contribution is 2.19. The Hall–Kier alpha value is -1.21. The largest absolute Gasteiger partial charge is 0.369 e. The van der Waals surface area contributed by atoms with Crippen LogP contribution < -0.4 is 10.6 Å². The lowest BCUT2D eigenvalue weighted by molar-refractivity contribution is -0.119. The minimum atomic E-state index is -0.261. The van der Waals surface area contributed by atoms with Crippen LogP contribution in [0.3, 0.4) is 0 Å². The lowest BCUT2D eigenvalue weighted by atomic mass is 10.0. The zero-order chi connectivity index (χ0) is 13.8. The molecule has 0 unspecified atom stereocenters. The molecule has 0 saturated carbocycles. The van der Waals surface area contributed by atoms with Crippen LogP contribution >= 0.6 is 15.9 Å². The number of hydrogen-bond donors (Lipinski definition) is 1. The van der Waals surface area contributed by atoms with Crippen LogP contribution in [0.25, 0.3) is 0 Å². The average Bonchev–Trinajstić information content (AvgIpc) is 2.39. The van der Waals surface area contributed by atoms with E-state index in [4.69, 9.17) is 5.73 Å². The molecule has 1 amide bonds. The minimum absolute atomic E-state index is 0.261. The van der Waals surface area contributed by atoms with Crippen LogP contribution in [0.4, 0.5) is 5.95 Å². The van der Waals surface area contributed by atoms with Crippen LogP contribution in [0.1, 0.15) is 12.8 Å². The van der Waals surface area contributed by atoms with Gasteiger partial charge in [-0.1, -0.05) is 0 Å². The molecule has 0 aliphatic carbocycles. The molecule has 0 aromatic carbocycles. The number of nitrogens with two attached hydrogens (primary N) is 1. The van der Waals surface area contributed by atoms with Gasteiger partial charge in [0.1, 0.15) is 0 Å². The maximum Gasteiger partial charge on any atom is 0.231 e. The number of primary amides is 1. The Balaban J connectivity index is 1.90. The van der Waals surface area contributed by atoms with Crippen LogP contribution in [0, 0.1) is 0 Å². The Labute approximate surface area is 121 Å². The number of rotatable bonds is 4. The molecule has 1 saturated heterocycles.